The molecule has 3 amide bonds. The number of carboxylic acid groups (broad SMARTS) is 1. The first kappa shape index (κ1) is 13.9. The van der Waals surface area contributed by atoms with Crippen LogP contribution >= 0.6 is 0 Å². The van der Waals surface area contributed by atoms with Gasteiger partial charge in [0.25, 0.3) is 5.91 Å². The molecule has 0 aliphatic carbocycles. The quantitative estimate of drug-likeness (QED) is 0.695. The van der Waals surface area contributed by atoms with E-state index in [0.717, 1.165) is 0 Å². The number of nitriles is 1. The van der Waals surface area contributed by atoms with Gasteiger partial charge in [-0.15, -0.1) is 0 Å². The Bertz CT molecular complexity index is 587. The number of carboxylic acids is 1. The highest BCUT2D eigenvalue weighted by atomic mass is 16.4. The first-order valence-corrected chi connectivity index (χ1v) is 5.05. The summed E-state index contributed by atoms with van der Waals surface area (Å²) in [6.45, 7) is 0. The molecule has 0 heterocycles. The van der Waals surface area contributed by atoms with Gasteiger partial charge >= 0.3 is 12.0 Å². The van der Waals surface area contributed by atoms with Crippen molar-refractivity contribution in [2.24, 2.45) is 0 Å². The van der Waals surface area contributed by atoms with Crippen LogP contribution in [0.25, 0.3) is 0 Å². The molecule has 7 nitrogen and oxygen atoms in total. The second-order valence-electron chi connectivity index (χ2n) is 3.27. The number of anilines is 1. The number of imide groups is 1. The average molecular weight is 259 g/mol. The summed E-state index contributed by atoms with van der Waals surface area (Å²) >= 11 is 0. The van der Waals surface area contributed by atoms with Crippen molar-refractivity contribution in [2.45, 2.75) is 0 Å². The van der Waals surface area contributed by atoms with Gasteiger partial charge in [0.1, 0.15) is 6.07 Å². The molecule has 1 aromatic rings. The molecule has 1 rings (SSSR count). The van der Waals surface area contributed by atoms with Gasteiger partial charge in [0.15, 0.2) is 0 Å². The maximum absolute atomic E-state index is 11.4. The van der Waals surface area contributed by atoms with E-state index in [1.807, 2.05) is 11.4 Å². The van der Waals surface area contributed by atoms with Crippen LogP contribution in [0.15, 0.2) is 36.4 Å². The van der Waals surface area contributed by atoms with Crippen LogP contribution in [-0.2, 0) is 9.59 Å². The third-order valence-corrected chi connectivity index (χ3v) is 1.91. The van der Waals surface area contributed by atoms with Crippen molar-refractivity contribution in [1.82, 2.24) is 5.32 Å². The maximum atomic E-state index is 11.4. The Kier molecular flexibility index (Phi) is 4.81. The minimum atomic E-state index is -1.30. The summed E-state index contributed by atoms with van der Waals surface area (Å²) in [6.07, 6.45) is 1.31. The average Bonchev–Trinajstić information content (AvgIpc) is 2.37. The number of rotatable bonds is 3. The number of nitrogens with zero attached hydrogens (tertiary/aromatic N) is 1. The minimum Gasteiger partial charge on any atom is -0.478 e. The van der Waals surface area contributed by atoms with Gasteiger partial charge in [-0.05, 0) is 12.1 Å². The molecule has 0 fully saturated rings. The van der Waals surface area contributed by atoms with Crippen LogP contribution in [0.2, 0.25) is 0 Å². The number of hydrogen-bond donors (Lipinski definition) is 3. The van der Waals surface area contributed by atoms with Gasteiger partial charge in [-0.3, -0.25) is 10.1 Å². The lowest BCUT2D eigenvalue weighted by Gasteiger charge is -2.06. The van der Waals surface area contributed by atoms with E-state index < -0.39 is 17.9 Å². The zero-order valence-electron chi connectivity index (χ0n) is 9.58. The molecule has 0 aliphatic heterocycles. The third kappa shape index (κ3) is 4.70. The van der Waals surface area contributed by atoms with Crippen LogP contribution in [0.3, 0.4) is 0 Å². The molecule has 0 unspecified atom stereocenters. The number of nitrogens with one attached hydrogen (secondary N) is 2. The molecule has 0 aliphatic rings. The number of amides is 3. The third-order valence-electron chi connectivity index (χ3n) is 1.91. The zero-order chi connectivity index (χ0) is 14.3. The van der Waals surface area contributed by atoms with E-state index in [4.69, 9.17) is 10.4 Å². The van der Waals surface area contributed by atoms with Crippen molar-refractivity contribution in [3.63, 3.8) is 0 Å². The van der Waals surface area contributed by atoms with Crippen LogP contribution in [0.5, 0.6) is 0 Å². The van der Waals surface area contributed by atoms with Gasteiger partial charge in [0.05, 0.1) is 11.3 Å². The molecular formula is C12H9N3O4. The summed E-state index contributed by atoms with van der Waals surface area (Å²) < 4.78 is 0. The molecule has 3 N–H and O–H groups in total. The molecule has 0 atom stereocenters. The Morgan fingerprint density at radius 2 is 1.89 bits per heavy atom. The first-order valence-electron chi connectivity index (χ1n) is 5.05. The van der Waals surface area contributed by atoms with E-state index in [1.165, 1.54) is 12.1 Å². The molecular weight excluding hydrogens is 250 g/mol. The molecule has 0 aromatic heterocycles. The summed E-state index contributed by atoms with van der Waals surface area (Å²) in [5.41, 5.74) is 0.490. The molecule has 96 valence electrons. The van der Waals surface area contributed by atoms with Gasteiger partial charge in [0, 0.05) is 12.2 Å². The second-order valence-corrected chi connectivity index (χ2v) is 3.27. The Morgan fingerprint density at radius 1 is 1.21 bits per heavy atom. The molecule has 0 bridgehead atoms. The SMILES string of the molecule is N#Cc1ccccc1NC(=O)NC(=O)/C=C/C(=O)O. The molecule has 1 aromatic carbocycles. The number of para-hydroxylation sites is 1. The van der Waals surface area contributed by atoms with Gasteiger partial charge < -0.3 is 10.4 Å². The summed E-state index contributed by atoms with van der Waals surface area (Å²) in [5.74, 6) is -2.18. The second kappa shape index (κ2) is 6.56. The molecule has 19 heavy (non-hydrogen) atoms. The van der Waals surface area contributed by atoms with E-state index >= 15 is 0 Å². The molecule has 0 saturated heterocycles. The lowest BCUT2D eigenvalue weighted by atomic mass is 10.2. The van der Waals surface area contributed by atoms with Gasteiger partial charge in [-0.1, -0.05) is 12.1 Å². The Labute approximate surface area is 108 Å². The predicted octanol–water partition coefficient (Wildman–Crippen LogP) is 0.847. The summed E-state index contributed by atoms with van der Waals surface area (Å²) in [6, 6.07) is 7.26. The normalized spacial score (nSPS) is 9.63. The number of benzene rings is 1. The lowest BCUT2D eigenvalue weighted by Crippen LogP contribution is -2.33. The fourth-order valence-electron chi connectivity index (χ4n) is 1.14. The number of carbonyl (C=O) groups is 3. The van der Waals surface area contributed by atoms with Crippen molar-refractivity contribution in [1.29, 1.82) is 5.26 Å². The highest BCUT2D eigenvalue weighted by Gasteiger charge is 2.08. The smallest absolute Gasteiger partial charge is 0.328 e. The number of carbonyl (C=O) groups excluding carboxylic acids is 2. The minimum absolute atomic E-state index is 0.242. The van der Waals surface area contributed by atoms with Gasteiger partial charge in [0.2, 0.25) is 0 Å². The zero-order valence-corrected chi connectivity index (χ0v) is 9.58. The fraction of sp³-hybridized carbons (Fsp3) is 0. The predicted molar refractivity (Wildman–Crippen MR) is 65.1 cm³/mol. The van der Waals surface area contributed by atoms with Crippen LogP contribution in [0, 0.1) is 11.3 Å². The number of hydrogen-bond acceptors (Lipinski definition) is 4. The van der Waals surface area contributed by atoms with Crippen molar-refractivity contribution in [3.8, 4) is 6.07 Å². The van der Waals surface area contributed by atoms with Gasteiger partial charge in [-0.25, -0.2) is 9.59 Å². The van der Waals surface area contributed by atoms with Crippen molar-refractivity contribution < 1.29 is 19.5 Å². The van der Waals surface area contributed by atoms with E-state index in [2.05, 4.69) is 5.32 Å². The molecule has 0 radical (unpaired) electrons. The summed E-state index contributed by atoms with van der Waals surface area (Å²) in [4.78, 5) is 32.7. The van der Waals surface area contributed by atoms with Crippen LogP contribution in [0.1, 0.15) is 5.56 Å². The number of aliphatic carboxylic acids is 1. The first-order chi connectivity index (χ1) is 9.02. The van der Waals surface area contributed by atoms with E-state index in [9.17, 15) is 14.4 Å². The van der Waals surface area contributed by atoms with Crippen molar-refractivity contribution >= 4 is 23.6 Å². The highest BCUT2D eigenvalue weighted by molar-refractivity contribution is 6.06. The van der Waals surface area contributed by atoms with Crippen LogP contribution < -0.4 is 10.6 Å². The van der Waals surface area contributed by atoms with Gasteiger partial charge in [-0.2, -0.15) is 5.26 Å². The Balaban J connectivity index is 2.64. The summed E-state index contributed by atoms with van der Waals surface area (Å²) in [7, 11) is 0. The molecule has 0 saturated carbocycles. The summed E-state index contributed by atoms with van der Waals surface area (Å²) in [5, 5.41) is 21.3. The van der Waals surface area contributed by atoms with Crippen LogP contribution in [0.4, 0.5) is 10.5 Å². The number of urea groups is 1. The van der Waals surface area contributed by atoms with Crippen molar-refractivity contribution in [3.05, 3.63) is 42.0 Å². The Morgan fingerprint density at radius 3 is 2.53 bits per heavy atom. The largest absolute Gasteiger partial charge is 0.478 e. The van der Waals surface area contributed by atoms with E-state index in [-0.39, 0.29) is 11.3 Å². The van der Waals surface area contributed by atoms with Crippen molar-refractivity contribution in [2.75, 3.05) is 5.32 Å². The molecule has 0 spiro atoms. The maximum Gasteiger partial charge on any atom is 0.328 e. The molecule has 7 heteroatoms. The standard InChI is InChI=1S/C12H9N3O4/c13-7-8-3-1-2-4-9(8)14-12(19)15-10(16)5-6-11(17)18/h1-6H,(H,17,18)(H2,14,15,16,19)/b6-5+. The topological polar surface area (TPSA) is 119 Å². The lowest BCUT2D eigenvalue weighted by molar-refractivity contribution is -0.131. The highest BCUT2D eigenvalue weighted by Crippen LogP contribution is 2.12. The van der Waals surface area contributed by atoms with E-state index in [1.54, 1.807) is 12.1 Å². The Hall–Kier alpha value is -3.14. The fourth-order valence-corrected chi connectivity index (χ4v) is 1.14. The van der Waals surface area contributed by atoms with Crippen LogP contribution in [-0.4, -0.2) is 23.0 Å². The monoisotopic (exact) mass is 259 g/mol. The van der Waals surface area contributed by atoms with E-state index in [0.29, 0.717) is 12.2 Å².